The van der Waals surface area contributed by atoms with Gasteiger partial charge >= 0.3 is 11.9 Å². The van der Waals surface area contributed by atoms with Crippen LogP contribution in [0.4, 0.5) is 0 Å². The lowest BCUT2D eigenvalue weighted by Crippen LogP contribution is -2.61. The Bertz CT molecular complexity index is 1760. The second kappa shape index (κ2) is 28.1. The maximum absolute atomic E-state index is 13.7. The molecule has 0 aromatic carbocycles. The highest BCUT2D eigenvalue weighted by molar-refractivity contribution is 5.98. The first-order valence-corrected chi connectivity index (χ1v) is 22.4. The molecule has 0 spiro atoms. The van der Waals surface area contributed by atoms with E-state index in [0.29, 0.717) is 12.8 Å². The summed E-state index contributed by atoms with van der Waals surface area (Å²) in [7, 11) is 0. The Kier molecular flexibility index (Phi) is 24.6. The van der Waals surface area contributed by atoms with Crippen molar-refractivity contribution in [1.82, 2.24) is 42.1 Å². The summed E-state index contributed by atoms with van der Waals surface area (Å²) in [5.74, 6) is -10.6. The van der Waals surface area contributed by atoms with Crippen molar-refractivity contribution < 1.29 is 58.2 Å². The zero-order valence-corrected chi connectivity index (χ0v) is 39.6. The van der Waals surface area contributed by atoms with Gasteiger partial charge in [-0.3, -0.25) is 48.1 Å². The van der Waals surface area contributed by atoms with Gasteiger partial charge in [-0.2, -0.15) is 0 Å². The van der Waals surface area contributed by atoms with Crippen LogP contribution in [0, 0.1) is 23.7 Å². The van der Waals surface area contributed by atoms with Crippen LogP contribution in [0.3, 0.4) is 0 Å². The minimum atomic E-state index is -1.74. The summed E-state index contributed by atoms with van der Waals surface area (Å²) >= 11 is 0. The lowest BCUT2D eigenvalue weighted by atomic mass is 9.99. The molecule has 0 radical (unpaired) electrons. The van der Waals surface area contributed by atoms with Crippen LogP contribution in [-0.2, 0) is 47.9 Å². The Hall–Kier alpha value is -6.07. The van der Waals surface area contributed by atoms with Gasteiger partial charge in [0.25, 0.3) is 0 Å². The summed E-state index contributed by atoms with van der Waals surface area (Å²) in [6.07, 6.45) is 0.767. The predicted molar refractivity (Wildman–Crippen MR) is 241 cm³/mol. The average molecular weight is 939 g/mol. The smallest absolute Gasteiger partial charge is 0.326 e. The molecule has 374 valence electrons. The van der Waals surface area contributed by atoms with Crippen molar-refractivity contribution in [1.29, 1.82) is 0 Å². The van der Waals surface area contributed by atoms with Gasteiger partial charge in [-0.15, -0.1) is 0 Å². The van der Waals surface area contributed by atoms with Crippen molar-refractivity contribution in [3.05, 3.63) is 0 Å². The van der Waals surface area contributed by atoms with Crippen molar-refractivity contribution in [2.45, 2.75) is 156 Å². The summed E-state index contributed by atoms with van der Waals surface area (Å²) in [5.41, 5.74) is 16.8. The highest BCUT2D eigenvalue weighted by Crippen LogP contribution is 2.18. The van der Waals surface area contributed by atoms with Gasteiger partial charge < -0.3 is 69.5 Å². The van der Waals surface area contributed by atoms with Gasteiger partial charge in [0.1, 0.15) is 42.3 Å². The Labute approximate surface area is 385 Å². The first-order chi connectivity index (χ1) is 30.7. The number of nitrogens with zero attached hydrogens (tertiary/aromatic N) is 2. The first kappa shape index (κ1) is 57.9. The number of carbonyl (C=O) groups is 10. The fourth-order valence-corrected chi connectivity index (χ4v) is 6.85. The summed E-state index contributed by atoms with van der Waals surface area (Å²) in [5, 5.41) is 36.6. The average Bonchev–Trinajstić information content (AvgIpc) is 3.73. The summed E-state index contributed by atoms with van der Waals surface area (Å²) < 4.78 is 0. The fourth-order valence-electron chi connectivity index (χ4n) is 6.85. The van der Waals surface area contributed by atoms with Crippen LogP contribution < -0.4 is 54.4 Å². The van der Waals surface area contributed by atoms with Gasteiger partial charge in [-0.1, -0.05) is 61.8 Å². The molecule has 1 rings (SSSR count). The maximum Gasteiger partial charge on any atom is 0.326 e. The zero-order valence-electron chi connectivity index (χ0n) is 39.6. The lowest BCUT2D eigenvalue weighted by molar-refractivity contribution is -0.144. The molecular formula is C42H74N12O12. The second-order valence-electron chi connectivity index (χ2n) is 17.8. The van der Waals surface area contributed by atoms with Gasteiger partial charge in [0.2, 0.25) is 47.3 Å². The van der Waals surface area contributed by atoms with Gasteiger partial charge in [-0.05, 0) is 62.7 Å². The quantitative estimate of drug-likeness (QED) is 0.0217. The zero-order chi connectivity index (χ0) is 50.6. The Morgan fingerprint density at radius 2 is 1.24 bits per heavy atom. The van der Waals surface area contributed by atoms with Crippen molar-refractivity contribution in [3.8, 4) is 0 Å². The van der Waals surface area contributed by atoms with E-state index in [-0.39, 0.29) is 56.6 Å². The van der Waals surface area contributed by atoms with Crippen LogP contribution in [0.1, 0.15) is 107 Å². The molecule has 24 heteroatoms. The van der Waals surface area contributed by atoms with Crippen LogP contribution >= 0.6 is 0 Å². The van der Waals surface area contributed by atoms with E-state index >= 15 is 0 Å². The first-order valence-electron chi connectivity index (χ1n) is 22.4. The van der Waals surface area contributed by atoms with Crippen LogP contribution in [0.5, 0.6) is 0 Å². The van der Waals surface area contributed by atoms with E-state index < -0.39 is 132 Å². The van der Waals surface area contributed by atoms with Crippen molar-refractivity contribution in [2.24, 2.45) is 45.9 Å². The normalized spacial score (nSPS) is 17.2. The number of likely N-dealkylation sites (tertiary alicyclic amines) is 1. The minimum absolute atomic E-state index is 0.00557. The molecule has 1 aliphatic rings. The van der Waals surface area contributed by atoms with Crippen LogP contribution in [0.2, 0.25) is 0 Å². The largest absolute Gasteiger partial charge is 0.481 e. The Morgan fingerprint density at radius 3 is 1.74 bits per heavy atom. The molecule has 0 aromatic heterocycles. The Morgan fingerprint density at radius 1 is 0.697 bits per heavy atom. The molecule has 66 heavy (non-hydrogen) atoms. The van der Waals surface area contributed by atoms with Crippen molar-refractivity contribution in [2.75, 3.05) is 19.6 Å². The molecule has 1 aliphatic heterocycles. The number of nitrogens with one attached hydrogen (secondary N) is 7. The molecule has 0 saturated carbocycles. The number of carboxylic acids is 2. The van der Waals surface area contributed by atoms with Gasteiger partial charge in [-0.25, -0.2) is 4.79 Å². The predicted octanol–water partition coefficient (Wildman–Crippen LogP) is -2.63. The van der Waals surface area contributed by atoms with Crippen LogP contribution in [0.25, 0.3) is 0 Å². The van der Waals surface area contributed by atoms with Crippen molar-refractivity contribution in [3.63, 3.8) is 0 Å². The Balaban J connectivity index is 3.17. The number of hydrogen-bond donors (Lipinski definition) is 12. The molecule has 8 amide bonds. The molecule has 15 N–H and O–H groups in total. The minimum Gasteiger partial charge on any atom is -0.481 e. The van der Waals surface area contributed by atoms with Crippen LogP contribution in [0.15, 0.2) is 4.99 Å². The third-order valence-electron chi connectivity index (χ3n) is 11.0. The number of nitrogens with two attached hydrogens (primary N) is 3. The highest BCUT2D eigenvalue weighted by atomic mass is 16.4. The topological polar surface area (TPSA) is 389 Å². The number of hydrogen-bond acceptors (Lipinski definition) is 12. The molecule has 0 aliphatic carbocycles. The number of carboxylic acid groups (broad SMARTS) is 2. The van der Waals surface area contributed by atoms with Crippen molar-refractivity contribution >= 4 is 65.2 Å². The highest BCUT2D eigenvalue weighted by Gasteiger charge is 2.38. The molecule has 1 saturated heterocycles. The molecule has 24 nitrogen and oxygen atoms in total. The number of guanidine groups is 1. The number of amides is 8. The lowest BCUT2D eigenvalue weighted by Gasteiger charge is -2.29. The van der Waals surface area contributed by atoms with E-state index in [0.717, 1.165) is 0 Å². The van der Waals surface area contributed by atoms with E-state index in [4.69, 9.17) is 17.2 Å². The standard InChI is InChI=1S/C42H74N12O12/c1-10-23(8)31(43)38(62)47-19-29(55)54-16-12-14-28(54)37(61)49-25(13-11-15-46-42(44)45)35(59)48-24(9)34(58)52-32(21(4)5)39(63)50-26(18-30(56)57)36(60)53-33(22(6)7)40(64)51-27(41(65)66)17-20(2)3/h20-28,31-33H,10-19,43H2,1-9H3,(H,47,62)(H,48,59)(H,49,61)(H,50,63)(H,51,64)(H,52,58)(H,53,60)(H,56,57)(H,65,66)(H4,44,45,46)/t23-,24-,25-,26-,27-,28-,31-,32-,33-/m0/s1. The van der Waals surface area contributed by atoms with Crippen LogP contribution in [-0.4, -0.2) is 148 Å². The molecule has 9 atom stereocenters. The summed E-state index contributed by atoms with van der Waals surface area (Å²) in [6.45, 7) is 14.7. The number of rotatable bonds is 28. The van der Waals surface area contributed by atoms with Gasteiger partial charge in [0.05, 0.1) is 19.0 Å². The number of carbonyl (C=O) groups excluding carboxylic acids is 8. The maximum atomic E-state index is 13.7. The molecule has 0 unspecified atom stereocenters. The number of aliphatic imine (C=N–C) groups is 1. The summed E-state index contributed by atoms with van der Waals surface area (Å²) in [4.78, 5) is 136. The van der Waals surface area contributed by atoms with E-state index in [1.54, 1.807) is 41.5 Å². The molecular weight excluding hydrogens is 865 g/mol. The van der Waals surface area contributed by atoms with E-state index in [9.17, 15) is 58.2 Å². The molecule has 0 bridgehead atoms. The monoisotopic (exact) mass is 939 g/mol. The second-order valence-corrected chi connectivity index (χ2v) is 17.8. The molecule has 0 aromatic rings. The third-order valence-corrected chi connectivity index (χ3v) is 11.0. The summed E-state index contributed by atoms with van der Waals surface area (Å²) in [6, 6.07) is -10.1. The molecule has 1 heterocycles. The van der Waals surface area contributed by atoms with Gasteiger partial charge in [0.15, 0.2) is 5.96 Å². The number of aliphatic carboxylic acids is 2. The SMILES string of the molecule is CC[C@H](C)[C@H](N)C(=O)NCC(=O)N1CCC[C@H]1C(=O)N[C@@H](CCCN=C(N)N)C(=O)N[C@@H](C)C(=O)N[C@H](C(=O)N[C@@H](CC(=O)O)C(=O)N[C@H](C(=O)N[C@@H](CC(C)C)C(=O)O)C(C)C)C(C)C. The third kappa shape index (κ3) is 19.6. The fraction of sp³-hybridized carbons (Fsp3) is 0.738. The van der Waals surface area contributed by atoms with E-state index in [1.807, 2.05) is 13.8 Å². The molecule has 1 fully saturated rings. The van der Waals surface area contributed by atoms with E-state index in [1.165, 1.54) is 11.8 Å². The van der Waals surface area contributed by atoms with E-state index in [2.05, 4.69) is 42.2 Å². The van der Waals surface area contributed by atoms with Gasteiger partial charge in [0, 0.05) is 13.1 Å².